The Morgan fingerprint density at radius 1 is 1.09 bits per heavy atom. The lowest BCUT2D eigenvalue weighted by molar-refractivity contribution is -0.119. The van der Waals surface area contributed by atoms with Crippen molar-refractivity contribution < 1.29 is 17.9 Å². The fraction of sp³-hybridized carbons (Fsp3) is 0.200. The first-order valence-corrected chi connectivity index (χ1v) is 12.9. The fourth-order valence-corrected chi connectivity index (χ4v) is 5.39. The number of sulfonamides is 1. The summed E-state index contributed by atoms with van der Waals surface area (Å²) < 4.78 is 34.1. The highest BCUT2D eigenvalue weighted by atomic mass is 79.9. The van der Waals surface area contributed by atoms with E-state index in [4.69, 9.17) is 4.74 Å². The van der Waals surface area contributed by atoms with Crippen molar-refractivity contribution in [2.45, 2.75) is 11.8 Å². The third-order valence-electron chi connectivity index (χ3n) is 5.09. The van der Waals surface area contributed by atoms with Gasteiger partial charge in [0.05, 0.1) is 29.6 Å². The van der Waals surface area contributed by atoms with Gasteiger partial charge < -0.3 is 9.64 Å². The highest BCUT2D eigenvalue weighted by Crippen LogP contribution is 2.27. The van der Waals surface area contributed by atoms with Gasteiger partial charge in [-0.15, -0.1) is 0 Å². The predicted molar refractivity (Wildman–Crippen MR) is 143 cm³/mol. The third-order valence-corrected chi connectivity index (χ3v) is 7.52. The number of hydrogen-bond acceptors (Lipinski definition) is 6. The topological polar surface area (TPSA) is 91.3 Å². The van der Waals surface area contributed by atoms with E-state index in [1.165, 1.54) is 25.5 Å². The van der Waals surface area contributed by atoms with E-state index in [0.29, 0.717) is 11.4 Å². The minimum absolute atomic E-state index is 0.0769. The lowest BCUT2D eigenvalue weighted by Gasteiger charge is -2.24. The molecule has 0 spiro atoms. The molecule has 0 aliphatic heterocycles. The van der Waals surface area contributed by atoms with Crippen molar-refractivity contribution in [1.29, 1.82) is 0 Å². The normalized spacial score (nSPS) is 11.3. The third kappa shape index (κ3) is 6.61. The molecule has 0 saturated carbocycles. The smallest absolute Gasteiger partial charge is 0.264 e. The molecule has 8 nitrogen and oxygen atoms in total. The Kier molecular flexibility index (Phi) is 8.52. The number of halogens is 1. The van der Waals surface area contributed by atoms with Crippen LogP contribution in [0.3, 0.4) is 0 Å². The number of ether oxygens (including phenoxy) is 1. The molecule has 0 radical (unpaired) electrons. The Morgan fingerprint density at radius 3 is 2.43 bits per heavy atom. The maximum absolute atomic E-state index is 13.5. The summed E-state index contributed by atoms with van der Waals surface area (Å²) >= 11 is 3.51. The summed E-state index contributed by atoms with van der Waals surface area (Å²) in [6, 6.07) is 18.6. The number of methoxy groups -OCH3 is 1. The van der Waals surface area contributed by atoms with Crippen molar-refractivity contribution in [2.75, 3.05) is 37.0 Å². The number of nitrogens with one attached hydrogen (secondary N) is 1. The van der Waals surface area contributed by atoms with Crippen LogP contribution in [0.5, 0.6) is 5.75 Å². The Labute approximate surface area is 214 Å². The minimum atomic E-state index is -4.03. The van der Waals surface area contributed by atoms with Crippen molar-refractivity contribution >= 4 is 49.4 Å². The first-order valence-electron chi connectivity index (χ1n) is 10.6. The number of anilines is 2. The van der Waals surface area contributed by atoms with Crippen LogP contribution in [0.15, 0.2) is 81.2 Å². The molecule has 3 rings (SSSR count). The zero-order valence-electron chi connectivity index (χ0n) is 19.9. The van der Waals surface area contributed by atoms with Gasteiger partial charge in [-0.3, -0.25) is 9.10 Å². The zero-order chi connectivity index (χ0) is 25.6. The Bertz CT molecular complexity index is 1330. The number of amides is 1. The van der Waals surface area contributed by atoms with Crippen molar-refractivity contribution in [1.82, 2.24) is 5.43 Å². The molecule has 3 aromatic carbocycles. The van der Waals surface area contributed by atoms with E-state index < -0.39 is 22.5 Å². The Morgan fingerprint density at radius 2 is 1.80 bits per heavy atom. The van der Waals surface area contributed by atoms with E-state index in [9.17, 15) is 13.2 Å². The summed E-state index contributed by atoms with van der Waals surface area (Å²) in [4.78, 5) is 14.8. The molecule has 0 aliphatic rings. The highest BCUT2D eigenvalue weighted by Gasteiger charge is 2.27. The quantitative estimate of drug-likeness (QED) is 0.314. The number of carbonyl (C=O) groups excluding carboxylic acids is 1. The monoisotopic (exact) mass is 558 g/mol. The maximum atomic E-state index is 13.5. The molecule has 0 aliphatic carbocycles. The summed E-state index contributed by atoms with van der Waals surface area (Å²) in [5.74, 6) is -0.125. The first kappa shape index (κ1) is 26.2. The number of carbonyl (C=O) groups is 1. The molecule has 0 aromatic heterocycles. The molecule has 0 atom stereocenters. The van der Waals surface area contributed by atoms with E-state index in [2.05, 4.69) is 26.5 Å². The van der Waals surface area contributed by atoms with E-state index in [-0.39, 0.29) is 4.90 Å². The Hall–Kier alpha value is -3.37. The van der Waals surface area contributed by atoms with Crippen LogP contribution in [-0.4, -0.2) is 48.3 Å². The van der Waals surface area contributed by atoms with E-state index in [1.54, 1.807) is 36.4 Å². The van der Waals surface area contributed by atoms with Crippen molar-refractivity contribution in [3.63, 3.8) is 0 Å². The molecular weight excluding hydrogens is 532 g/mol. The summed E-state index contributed by atoms with van der Waals surface area (Å²) in [6.45, 7) is 1.40. The van der Waals surface area contributed by atoms with Crippen LogP contribution in [-0.2, 0) is 14.8 Å². The van der Waals surface area contributed by atoms with Crippen LogP contribution in [0.4, 0.5) is 11.4 Å². The SMILES string of the molecule is COc1cccc(N(CC(=O)N/N=C\c2ccc(N(C)C)c(Br)c2)S(=O)(=O)c2ccc(C)cc2)c1. The van der Waals surface area contributed by atoms with Gasteiger partial charge in [0, 0.05) is 24.6 Å². The number of hydrazone groups is 1. The minimum Gasteiger partial charge on any atom is -0.497 e. The number of hydrogen-bond donors (Lipinski definition) is 1. The molecule has 35 heavy (non-hydrogen) atoms. The number of benzene rings is 3. The predicted octanol–water partition coefficient (Wildman–Crippen LogP) is 4.18. The van der Waals surface area contributed by atoms with Gasteiger partial charge in [-0.2, -0.15) is 5.10 Å². The van der Waals surface area contributed by atoms with E-state index in [1.807, 2.05) is 44.1 Å². The summed E-state index contributed by atoms with van der Waals surface area (Å²) in [7, 11) is 1.33. The van der Waals surface area contributed by atoms with Crippen LogP contribution in [0.25, 0.3) is 0 Å². The average Bonchev–Trinajstić information content (AvgIpc) is 2.82. The van der Waals surface area contributed by atoms with Gasteiger partial charge in [0.25, 0.3) is 15.9 Å². The van der Waals surface area contributed by atoms with Gasteiger partial charge in [-0.05, 0) is 64.8 Å². The summed E-state index contributed by atoms with van der Waals surface area (Å²) in [6.07, 6.45) is 1.49. The molecular formula is C25H27BrN4O4S. The van der Waals surface area contributed by atoms with Gasteiger partial charge in [-0.1, -0.05) is 29.8 Å². The zero-order valence-corrected chi connectivity index (χ0v) is 22.3. The second-order valence-electron chi connectivity index (χ2n) is 7.92. The molecule has 0 fully saturated rings. The van der Waals surface area contributed by atoms with Gasteiger partial charge in [0.15, 0.2) is 0 Å². The average molecular weight is 559 g/mol. The van der Waals surface area contributed by atoms with Crippen LogP contribution >= 0.6 is 15.9 Å². The molecule has 0 unspecified atom stereocenters. The standard InChI is InChI=1S/C25H27BrN4O4S/c1-18-8-11-22(12-9-18)35(32,33)30(20-6-5-7-21(15-20)34-4)17-25(31)28-27-16-19-10-13-24(29(2)3)23(26)14-19/h5-16H,17H2,1-4H3,(H,28,31)/b27-16-. The molecule has 3 aromatic rings. The fourth-order valence-electron chi connectivity index (χ4n) is 3.23. The molecule has 1 N–H and O–H groups in total. The van der Waals surface area contributed by atoms with Crippen LogP contribution in [0, 0.1) is 6.92 Å². The molecule has 1 amide bonds. The first-order chi connectivity index (χ1) is 16.6. The molecule has 10 heteroatoms. The van der Waals surface area contributed by atoms with Gasteiger partial charge in [-0.25, -0.2) is 13.8 Å². The molecule has 0 saturated heterocycles. The van der Waals surface area contributed by atoms with Crippen LogP contribution in [0.1, 0.15) is 11.1 Å². The summed E-state index contributed by atoms with van der Waals surface area (Å²) in [5.41, 5.74) is 5.41. The van der Waals surface area contributed by atoms with Crippen molar-refractivity contribution in [2.24, 2.45) is 5.10 Å². The van der Waals surface area contributed by atoms with Gasteiger partial charge in [0.1, 0.15) is 12.3 Å². The van der Waals surface area contributed by atoms with Crippen LogP contribution in [0.2, 0.25) is 0 Å². The molecule has 184 valence electrons. The second-order valence-corrected chi connectivity index (χ2v) is 10.6. The van der Waals surface area contributed by atoms with E-state index in [0.717, 1.165) is 25.6 Å². The lowest BCUT2D eigenvalue weighted by Crippen LogP contribution is -2.39. The van der Waals surface area contributed by atoms with Crippen molar-refractivity contribution in [3.8, 4) is 5.75 Å². The largest absolute Gasteiger partial charge is 0.497 e. The van der Waals surface area contributed by atoms with Crippen LogP contribution < -0.4 is 19.4 Å². The Balaban J connectivity index is 1.83. The number of nitrogens with zero attached hydrogens (tertiary/aromatic N) is 3. The maximum Gasteiger partial charge on any atom is 0.264 e. The highest BCUT2D eigenvalue weighted by molar-refractivity contribution is 9.10. The molecule has 0 bridgehead atoms. The molecule has 0 heterocycles. The van der Waals surface area contributed by atoms with E-state index >= 15 is 0 Å². The van der Waals surface area contributed by atoms with Gasteiger partial charge in [0.2, 0.25) is 0 Å². The lowest BCUT2D eigenvalue weighted by atomic mass is 10.2. The number of rotatable bonds is 9. The van der Waals surface area contributed by atoms with Crippen molar-refractivity contribution in [3.05, 3.63) is 82.3 Å². The number of aryl methyl sites for hydroxylation is 1. The van der Waals surface area contributed by atoms with Gasteiger partial charge >= 0.3 is 0 Å². The summed E-state index contributed by atoms with van der Waals surface area (Å²) in [5, 5.41) is 4.00. The second kappa shape index (κ2) is 11.4.